The van der Waals surface area contributed by atoms with E-state index in [-0.39, 0.29) is 0 Å². The summed E-state index contributed by atoms with van der Waals surface area (Å²) in [5, 5.41) is 0. The van der Waals surface area contributed by atoms with Gasteiger partial charge in [0.15, 0.2) is 0 Å². The Morgan fingerprint density at radius 3 is 2.55 bits per heavy atom. The van der Waals surface area contributed by atoms with E-state index in [0.717, 1.165) is 48.5 Å². The quantitative estimate of drug-likeness (QED) is 0.351. The summed E-state index contributed by atoms with van der Waals surface area (Å²) in [5.41, 5.74) is 2.86. The second kappa shape index (κ2) is 9.52. The molecule has 0 aromatic carbocycles. The first kappa shape index (κ1) is 23.8. The van der Waals surface area contributed by atoms with E-state index in [2.05, 4.69) is 47.6 Å². The zero-order valence-electron chi connectivity index (χ0n) is 21.7. The van der Waals surface area contributed by atoms with Gasteiger partial charge in [0.25, 0.3) is 0 Å². The monoisotopic (exact) mass is 428 g/mol. The van der Waals surface area contributed by atoms with E-state index >= 15 is 0 Å². The molecular formula is C30H52O. The second-order valence-electron chi connectivity index (χ2n) is 13.0. The van der Waals surface area contributed by atoms with Gasteiger partial charge in [0.05, 0.1) is 6.10 Å². The first-order valence-electron chi connectivity index (χ1n) is 14.1. The molecule has 1 heteroatoms. The number of hydrogen-bond donors (Lipinski definition) is 0. The average molecular weight is 429 g/mol. The van der Waals surface area contributed by atoms with Crippen LogP contribution in [0, 0.1) is 46.3 Å². The normalized spacial score (nSPS) is 43.2. The number of ether oxygens (including phenoxy) is 1. The zero-order valence-corrected chi connectivity index (χ0v) is 21.7. The smallest absolute Gasteiger partial charge is 0.0612 e. The van der Waals surface area contributed by atoms with Crippen LogP contribution >= 0.6 is 0 Å². The molecule has 4 aliphatic rings. The summed E-state index contributed by atoms with van der Waals surface area (Å²) in [5.74, 6) is 5.62. The molecule has 3 saturated carbocycles. The lowest BCUT2D eigenvalue weighted by molar-refractivity contribution is -0.0638. The van der Waals surface area contributed by atoms with E-state index in [9.17, 15) is 0 Å². The summed E-state index contributed by atoms with van der Waals surface area (Å²) >= 11 is 0. The molecule has 0 N–H and O–H groups in total. The van der Waals surface area contributed by atoms with Crippen molar-refractivity contribution in [3.05, 3.63) is 11.6 Å². The Hall–Kier alpha value is -0.300. The van der Waals surface area contributed by atoms with E-state index in [1.807, 2.05) is 0 Å². The van der Waals surface area contributed by atoms with Gasteiger partial charge in [-0.3, -0.25) is 0 Å². The van der Waals surface area contributed by atoms with Crippen molar-refractivity contribution in [2.75, 3.05) is 6.61 Å². The Bertz CT molecular complexity index is 634. The average Bonchev–Trinajstić information content (AvgIpc) is 3.09. The molecule has 0 bridgehead atoms. The van der Waals surface area contributed by atoms with Crippen molar-refractivity contribution in [3.63, 3.8) is 0 Å². The van der Waals surface area contributed by atoms with Gasteiger partial charge in [-0.25, -0.2) is 0 Å². The van der Waals surface area contributed by atoms with Gasteiger partial charge in [-0.05, 0) is 104 Å². The van der Waals surface area contributed by atoms with Crippen LogP contribution in [-0.2, 0) is 4.74 Å². The van der Waals surface area contributed by atoms with Crippen LogP contribution in [0.25, 0.3) is 0 Å². The Morgan fingerprint density at radius 2 is 1.81 bits per heavy atom. The SMILES string of the molecule is CCCO[C@H]1CC[C@@]2(C)C(=CC[C@@H]3[C@H]4CC[C@@H]([C@@H](C)CCCC(C)C)[C@@]4(C)CC[C@H]32)C1. The summed E-state index contributed by atoms with van der Waals surface area (Å²) in [6.45, 7) is 15.9. The van der Waals surface area contributed by atoms with Crippen molar-refractivity contribution < 1.29 is 4.74 Å². The highest BCUT2D eigenvalue weighted by atomic mass is 16.5. The van der Waals surface area contributed by atoms with Crippen molar-refractivity contribution in [2.45, 2.75) is 125 Å². The molecule has 4 aliphatic carbocycles. The lowest BCUT2D eigenvalue weighted by Gasteiger charge is -2.58. The molecule has 0 spiro atoms. The van der Waals surface area contributed by atoms with E-state index < -0.39 is 0 Å². The first-order valence-corrected chi connectivity index (χ1v) is 14.1. The van der Waals surface area contributed by atoms with Gasteiger partial charge in [0.1, 0.15) is 0 Å². The minimum atomic E-state index is 0.470. The third-order valence-corrected chi connectivity index (χ3v) is 10.8. The molecule has 0 aromatic rings. The molecule has 3 fully saturated rings. The fourth-order valence-corrected chi connectivity index (χ4v) is 9.08. The topological polar surface area (TPSA) is 9.23 Å². The van der Waals surface area contributed by atoms with Gasteiger partial charge in [0.2, 0.25) is 0 Å². The largest absolute Gasteiger partial charge is 0.378 e. The van der Waals surface area contributed by atoms with Gasteiger partial charge in [-0.2, -0.15) is 0 Å². The van der Waals surface area contributed by atoms with E-state index in [1.165, 1.54) is 70.6 Å². The van der Waals surface area contributed by atoms with Crippen LogP contribution in [0.15, 0.2) is 11.6 Å². The molecule has 8 atom stereocenters. The highest BCUT2D eigenvalue weighted by molar-refractivity contribution is 5.25. The van der Waals surface area contributed by atoms with Crippen LogP contribution in [0.1, 0.15) is 119 Å². The summed E-state index contributed by atoms with van der Waals surface area (Å²) in [4.78, 5) is 0. The van der Waals surface area contributed by atoms with Crippen molar-refractivity contribution >= 4 is 0 Å². The maximum Gasteiger partial charge on any atom is 0.0612 e. The number of hydrogen-bond acceptors (Lipinski definition) is 1. The van der Waals surface area contributed by atoms with Gasteiger partial charge in [-0.1, -0.05) is 72.5 Å². The minimum absolute atomic E-state index is 0.470. The van der Waals surface area contributed by atoms with Crippen molar-refractivity contribution in [1.82, 2.24) is 0 Å². The van der Waals surface area contributed by atoms with E-state index in [0.29, 0.717) is 16.9 Å². The van der Waals surface area contributed by atoms with Crippen LogP contribution in [0.4, 0.5) is 0 Å². The van der Waals surface area contributed by atoms with Gasteiger partial charge in [0, 0.05) is 6.61 Å². The molecule has 0 radical (unpaired) electrons. The van der Waals surface area contributed by atoms with Crippen LogP contribution in [0.5, 0.6) is 0 Å². The molecule has 178 valence electrons. The van der Waals surface area contributed by atoms with Crippen molar-refractivity contribution in [3.8, 4) is 0 Å². The lowest BCUT2D eigenvalue weighted by Crippen LogP contribution is -2.51. The Kier molecular flexibility index (Phi) is 7.32. The first-order chi connectivity index (χ1) is 14.8. The molecular weight excluding hydrogens is 376 g/mol. The Balaban J connectivity index is 1.45. The highest BCUT2D eigenvalue weighted by Crippen LogP contribution is 2.67. The zero-order chi connectivity index (χ0) is 22.2. The van der Waals surface area contributed by atoms with Gasteiger partial charge < -0.3 is 4.74 Å². The fraction of sp³-hybridized carbons (Fsp3) is 0.933. The molecule has 0 unspecified atom stereocenters. The molecule has 0 saturated heterocycles. The summed E-state index contributed by atoms with van der Waals surface area (Å²) in [6, 6.07) is 0. The highest BCUT2D eigenvalue weighted by Gasteiger charge is 2.59. The van der Waals surface area contributed by atoms with Gasteiger partial charge in [-0.15, -0.1) is 0 Å². The molecule has 0 aromatic heterocycles. The van der Waals surface area contributed by atoms with Crippen LogP contribution in [0.2, 0.25) is 0 Å². The fourth-order valence-electron chi connectivity index (χ4n) is 9.08. The summed E-state index contributed by atoms with van der Waals surface area (Å²) in [6.07, 6.45) is 19.9. The lowest BCUT2D eigenvalue weighted by atomic mass is 9.47. The van der Waals surface area contributed by atoms with Crippen molar-refractivity contribution in [1.29, 1.82) is 0 Å². The third kappa shape index (κ3) is 4.43. The number of allylic oxidation sites excluding steroid dienone is 1. The molecule has 0 amide bonds. The summed E-state index contributed by atoms with van der Waals surface area (Å²) in [7, 11) is 0. The van der Waals surface area contributed by atoms with Crippen LogP contribution < -0.4 is 0 Å². The summed E-state index contributed by atoms with van der Waals surface area (Å²) < 4.78 is 6.19. The van der Waals surface area contributed by atoms with Crippen LogP contribution in [0.3, 0.4) is 0 Å². The predicted octanol–water partition coefficient (Wildman–Crippen LogP) is 8.82. The maximum atomic E-state index is 6.19. The minimum Gasteiger partial charge on any atom is -0.378 e. The standard InChI is InChI=1S/C30H52O/c1-7-19-31-24-15-17-29(5)23(20-24)11-12-25-27-14-13-26(22(4)10-8-9-21(2)3)30(27,6)18-16-28(25)29/h11,21-22,24-28H,7-10,12-20H2,1-6H3/t22-,24-,25+,26-,27+,28+,29-,30+/m0/s1. The Morgan fingerprint density at radius 1 is 1.00 bits per heavy atom. The molecule has 4 rings (SSSR count). The maximum absolute atomic E-state index is 6.19. The third-order valence-electron chi connectivity index (χ3n) is 10.8. The van der Waals surface area contributed by atoms with Crippen molar-refractivity contribution in [2.24, 2.45) is 46.3 Å². The predicted molar refractivity (Wildman–Crippen MR) is 133 cm³/mol. The molecule has 1 nitrogen and oxygen atoms in total. The van der Waals surface area contributed by atoms with E-state index in [4.69, 9.17) is 4.74 Å². The number of rotatable bonds is 8. The van der Waals surface area contributed by atoms with E-state index in [1.54, 1.807) is 5.57 Å². The molecule has 31 heavy (non-hydrogen) atoms. The van der Waals surface area contributed by atoms with Crippen LogP contribution in [-0.4, -0.2) is 12.7 Å². The molecule has 0 heterocycles. The van der Waals surface area contributed by atoms with Gasteiger partial charge >= 0.3 is 0 Å². The second-order valence-corrected chi connectivity index (χ2v) is 13.0. The Labute approximate surface area is 194 Å². The molecule has 0 aliphatic heterocycles. The number of fused-ring (bicyclic) bond motifs is 5.